The fourth-order valence-electron chi connectivity index (χ4n) is 2.35. The molecule has 0 amide bonds. The predicted octanol–water partition coefficient (Wildman–Crippen LogP) is 3.33. The molecule has 2 N–H and O–H groups in total. The fraction of sp³-hybridized carbons (Fsp3) is 0.786. The maximum Gasteiger partial charge on any atom is 0.0540 e. The normalized spacial score (nSPS) is 14.9. The molecule has 3 nitrogen and oxygen atoms in total. The van der Waals surface area contributed by atoms with Gasteiger partial charge in [0.2, 0.25) is 0 Å². The van der Waals surface area contributed by atoms with Crippen LogP contribution >= 0.6 is 0 Å². The molecule has 0 spiro atoms. The van der Waals surface area contributed by atoms with Crippen LogP contribution < -0.4 is 5.73 Å². The molecule has 0 radical (unpaired) electrons. The highest BCUT2D eigenvalue weighted by Gasteiger charge is 2.16. The van der Waals surface area contributed by atoms with Crippen LogP contribution in [-0.4, -0.2) is 9.78 Å². The summed E-state index contributed by atoms with van der Waals surface area (Å²) in [6.45, 7) is 6.61. The molecule has 0 bridgehead atoms. The fourth-order valence-corrected chi connectivity index (χ4v) is 2.35. The molecule has 2 unspecified atom stereocenters. The Balaban J connectivity index is 2.57. The summed E-state index contributed by atoms with van der Waals surface area (Å²) < 4.78 is 1.90. The molecule has 1 rings (SSSR count). The van der Waals surface area contributed by atoms with E-state index >= 15 is 0 Å². The number of aryl methyl sites for hydroxylation is 1. The molecule has 0 fully saturated rings. The molecule has 0 aliphatic heterocycles. The summed E-state index contributed by atoms with van der Waals surface area (Å²) in [6, 6.07) is 0.144. The molecule has 0 aliphatic carbocycles. The van der Waals surface area contributed by atoms with Crippen LogP contribution in [0, 0.1) is 12.8 Å². The molecule has 1 heterocycles. The van der Waals surface area contributed by atoms with Crippen molar-refractivity contribution in [2.75, 3.05) is 0 Å². The van der Waals surface area contributed by atoms with Crippen LogP contribution in [-0.2, 0) is 7.05 Å². The zero-order valence-electron chi connectivity index (χ0n) is 11.7. The lowest BCUT2D eigenvalue weighted by Gasteiger charge is -2.19. The van der Waals surface area contributed by atoms with Crippen molar-refractivity contribution < 1.29 is 0 Å². The van der Waals surface area contributed by atoms with Crippen LogP contribution in [0.15, 0.2) is 6.20 Å². The molecule has 0 aliphatic rings. The van der Waals surface area contributed by atoms with Gasteiger partial charge in [-0.3, -0.25) is 4.68 Å². The zero-order chi connectivity index (χ0) is 12.8. The van der Waals surface area contributed by atoms with Gasteiger partial charge >= 0.3 is 0 Å². The summed E-state index contributed by atoms with van der Waals surface area (Å²) >= 11 is 0. The van der Waals surface area contributed by atoms with Crippen molar-refractivity contribution in [1.82, 2.24) is 9.78 Å². The lowest BCUT2D eigenvalue weighted by atomic mass is 9.90. The number of hydrogen-bond donors (Lipinski definition) is 1. The summed E-state index contributed by atoms with van der Waals surface area (Å²) in [5.41, 5.74) is 8.71. The molecule has 17 heavy (non-hydrogen) atoms. The topological polar surface area (TPSA) is 43.8 Å². The van der Waals surface area contributed by atoms with Crippen molar-refractivity contribution in [3.63, 3.8) is 0 Å². The number of nitrogens with two attached hydrogens (primary N) is 1. The van der Waals surface area contributed by atoms with Gasteiger partial charge in [0.1, 0.15) is 0 Å². The molecule has 3 heteroatoms. The smallest absolute Gasteiger partial charge is 0.0540 e. The minimum absolute atomic E-state index is 0.144. The first kappa shape index (κ1) is 14.2. The van der Waals surface area contributed by atoms with Gasteiger partial charge in [-0.05, 0) is 19.3 Å². The summed E-state index contributed by atoms with van der Waals surface area (Å²) in [6.07, 6.45) is 8.14. The summed E-state index contributed by atoms with van der Waals surface area (Å²) in [7, 11) is 1.97. The van der Waals surface area contributed by atoms with Crippen LogP contribution in [0.25, 0.3) is 0 Å². The first-order chi connectivity index (χ1) is 8.10. The SMILES string of the molecule is CCCCC(CC)CC(N)c1cnn(C)c1C. The van der Waals surface area contributed by atoms with Gasteiger partial charge in [-0.25, -0.2) is 0 Å². The van der Waals surface area contributed by atoms with Crippen molar-refractivity contribution in [2.45, 2.75) is 58.9 Å². The number of unbranched alkanes of at least 4 members (excludes halogenated alkanes) is 1. The number of aromatic nitrogens is 2. The van der Waals surface area contributed by atoms with Crippen molar-refractivity contribution >= 4 is 0 Å². The second kappa shape index (κ2) is 6.80. The molecule has 1 aromatic heterocycles. The van der Waals surface area contributed by atoms with Crippen molar-refractivity contribution in [1.29, 1.82) is 0 Å². The van der Waals surface area contributed by atoms with Crippen LogP contribution in [0.3, 0.4) is 0 Å². The highest BCUT2D eigenvalue weighted by molar-refractivity contribution is 5.19. The second-order valence-corrected chi connectivity index (χ2v) is 5.07. The average molecular weight is 237 g/mol. The Morgan fingerprint density at radius 3 is 2.59 bits per heavy atom. The van der Waals surface area contributed by atoms with Gasteiger partial charge in [0.25, 0.3) is 0 Å². The molecular formula is C14H27N3. The minimum Gasteiger partial charge on any atom is -0.324 e. The maximum absolute atomic E-state index is 6.30. The lowest BCUT2D eigenvalue weighted by Crippen LogP contribution is -2.16. The third kappa shape index (κ3) is 3.84. The first-order valence-electron chi connectivity index (χ1n) is 6.84. The molecule has 0 aromatic carbocycles. The standard InChI is InChI=1S/C14H27N3/c1-5-7-8-12(6-2)9-14(15)13-10-16-17(4)11(13)3/h10,12,14H,5-9,15H2,1-4H3. The zero-order valence-corrected chi connectivity index (χ0v) is 11.7. The average Bonchev–Trinajstić information content (AvgIpc) is 2.65. The van der Waals surface area contributed by atoms with E-state index in [1.54, 1.807) is 0 Å². The van der Waals surface area contributed by atoms with E-state index in [0.717, 1.165) is 12.3 Å². The van der Waals surface area contributed by atoms with E-state index in [9.17, 15) is 0 Å². The predicted molar refractivity (Wildman–Crippen MR) is 72.8 cm³/mol. The Morgan fingerprint density at radius 2 is 2.12 bits per heavy atom. The van der Waals surface area contributed by atoms with Crippen LogP contribution in [0.1, 0.15) is 63.3 Å². The van der Waals surface area contributed by atoms with Gasteiger partial charge in [0, 0.05) is 24.3 Å². The molecule has 98 valence electrons. The Morgan fingerprint density at radius 1 is 1.41 bits per heavy atom. The Kier molecular flexibility index (Phi) is 5.69. The lowest BCUT2D eigenvalue weighted by molar-refractivity contribution is 0.388. The quantitative estimate of drug-likeness (QED) is 0.790. The summed E-state index contributed by atoms with van der Waals surface area (Å²) in [4.78, 5) is 0. The molecule has 0 saturated carbocycles. The molecular weight excluding hydrogens is 210 g/mol. The van der Waals surface area contributed by atoms with E-state index < -0.39 is 0 Å². The summed E-state index contributed by atoms with van der Waals surface area (Å²) in [5, 5.41) is 4.27. The molecule has 1 aromatic rings. The van der Waals surface area contributed by atoms with Gasteiger partial charge in [0.05, 0.1) is 6.20 Å². The van der Waals surface area contributed by atoms with E-state index in [1.807, 2.05) is 17.9 Å². The van der Waals surface area contributed by atoms with E-state index in [0.29, 0.717) is 0 Å². The van der Waals surface area contributed by atoms with Gasteiger partial charge in [0.15, 0.2) is 0 Å². The second-order valence-electron chi connectivity index (χ2n) is 5.07. The molecule has 0 saturated heterocycles. The number of rotatable bonds is 7. The van der Waals surface area contributed by atoms with E-state index in [2.05, 4.69) is 25.9 Å². The van der Waals surface area contributed by atoms with Crippen LogP contribution in [0.5, 0.6) is 0 Å². The minimum atomic E-state index is 0.144. The van der Waals surface area contributed by atoms with E-state index in [4.69, 9.17) is 5.73 Å². The Hall–Kier alpha value is -0.830. The molecule has 2 atom stereocenters. The monoisotopic (exact) mass is 237 g/mol. The van der Waals surface area contributed by atoms with Gasteiger partial charge in [-0.2, -0.15) is 5.10 Å². The van der Waals surface area contributed by atoms with Gasteiger partial charge in [-0.1, -0.05) is 39.5 Å². The van der Waals surface area contributed by atoms with E-state index in [1.165, 1.54) is 36.9 Å². The van der Waals surface area contributed by atoms with Crippen molar-refractivity contribution in [2.24, 2.45) is 18.7 Å². The van der Waals surface area contributed by atoms with Crippen molar-refractivity contribution in [3.05, 3.63) is 17.5 Å². The largest absolute Gasteiger partial charge is 0.324 e. The third-order valence-electron chi connectivity index (χ3n) is 3.80. The Bertz CT molecular complexity index is 330. The van der Waals surface area contributed by atoms with Gasteiger partial charge < -0.3 is 5.73 Å². The first-order valence-corrected chi connectivity index (χ1v) is 6.84. The number of nitrogens with zero attached hydrogens (tertiary/aromatic N) is 2. The highest BCUT2D eigenvalue weighted by atomic mass is 15.3. The van der Waals surface area contributed by atoms with Crippen molar-refractivity contribution in [3.8, 4) is 0 Å². The summed E-state index contributed by atoms with van der Waals surface area (Å²) in [5.74, 6) is 0.754. The Labute approximate surface area is 105 Å². The maximum atomic E-state index is 6.30. The third-order valence-corrected chi connectivity index (χ3v) is 3.80. The van der Waals surface area contributed by atoms with E-state index in [-0.39, 0.29) is 6.04 Å². The van der Waals surface area contributed by atoms with Gasteiger partial charge in [-0.15, -0.1) is 0 Å². The highest BCUT2D eigenvalue weighted by Crippen LogP contribution is 2.26. The number of hydrogen-bond acceptors (Lipinski definition) is 2. The van der Waals surface area contributed by atoms with Crippen LogP contribution in [0.2, 0.25) is 0 Å². The van der Waals surface area contributed by atoms with Crippen LogP contribution in [0.4, 0.5) is 0 Å².